The van der Waals surface area contributed by atoms with Crippen molar-refractivity contribution in [2.45, 2.75) is 37.0 Å². The number of hydrogen-bond donors (Lipinski definition) is 1. The van der Waals surface area contributed by atoms with Crippen LogP contribution < -0.4 is 5.32 Å². The molecular formula is C19H30ClN3O3S. The lowest BCUT2D eigenvalue weighted by Crippen LogP contribution is -2.45. The van der Waals surface area contributed by atoms with Crippen molar-refractivity contribution >= 4 is 28.3 Å². The smallest absolute Gasteiger partial charge is 0.242 e. The lowest BCUT2D eigenvalue weighted by atomic mass is 9.77. The molecule has 2 fully saturated rings. The van der Waals surface area contributed by atoms with E-state index in [0.717, 1.165) is 44.6 Å². The zero-order chi connectivity index (χ0) is 18.9. The number of sulfonamides is 1. The first kappa shape index (κ1) is 22.1. The van der Waals surface area contributed by atoms with E-state index in [1.165, 1.54) is 24.8 Å². The van der Waals surface area contributed by atoms with Crippen molar-refractivity contribution < 1.29 is 13.2 Å². The molecule has 152 valence electrons. The lowest BCUT2D eigenvalue weighted by Gasteiger charge is -2.39. The average Bonchev–Trinajstić information content (AvgIpc) is 3.09. The topological polar surface area (TPSA) is 69.7 Å². The maximum Gasteiger partial charge on any atom is 0.242 e. The quantitative estimate of drug-likeness (QED) is 0.817. The molecule has 2 saturated heterocycles. The van der Waals surface area contributed by atoms with E-state index in [4.69, 9.17) is 0 Å². The van der Waals surface area contributed by atoms with Gasteiger partial charge in [0.25, 0.3) is 0 Å². The van der Waals surface area contributed by atoms with Crippen molar-refractivity contribution in [3.8, 4) is 0 Å². The van der Waals surface area contributed by atoms with Crippen LogP contribution in [0.15, 0.2) is 29.2 Å². The Morgan fingerprint density at radius 1 is 1.15 bits per heavy atom. The van der Waals surface area contributed by atoms with Gasteiger partial charge >= 0.3 is 0 Å². The third-order valence-electron chi connectivity index (χ3n) is 6.00. The zero-order valence-corrected chi connectivity index (χ0v) is 17.9. The van der Waals surface area contributed by atoms with Crippen molar-refractivity contribution in [2.24, 2.45) is 5.41 Å². The van der Waals surface area contributed by atoms with E-state index in [1.54, 1.807) is 24.3 Å². The second-order valence-corrected chi connectivity index (χ2v) is 9.98. The number of rotatable bonds is 4. The van der Waals surface area contributed by atoms with E-state index < -0.39 is 10.0 Å². The third kappa shape index (κ3) is 4.47. The van der Waals surface area contributed by atoms with Crippen LogP contribution in [-0.4, -0.2) is 63.8 Å². The van der Waals surface area contributed by atoms with Crippen molar-refractivity contribution in [1.82, 2.24) is 14.5 Å². The van der Waals surface area contributed by atoms with Gasteiger partial charge in [0.15, 0.2) is 0 Å². The number of carbonyl (C=O) groups is 1. The Bertz CT molecular complexity index is 749. The molecule has 1 atom stereocenters. The minimum atomic E-state index is -3.44. The van der Waals surface area contributed by atoms with Crippen LogP contribution in [0.2, 0.25) is 0 Å². The van der Waals surface area contributed by atoms with Gasteiger partial charge < -0.3 is 10.2 Å². The van der Waals surface area contributed by atoms with Gasteiger partial charge in [-0.05, 0) is 55.8 Å². The monoisotopic (exact) mass is 415 g/mol. The first-order valence-corrected chi connectivity index (χ1v) is 10.7. The number of benzene rings is 1. The van der Waals surface area contributed by atoms with Crippen LogP contribution in [0.3, 0.4) is 0 Å². The summed E-state index contributed by atoms with van der Waals surface area (Å²) in [7, 11) is -0.416. The molecule has 1 aromatic rings. The van der Waals surface area contributed by atoms with Crippen molar-refractivity contribution in [3.63, 3.8) is 0 Å². The van der Waals surface area contributed by atoms with E-state index >= 15 is 0 Å². The minimum Gasteiger partial charge on any atom is -0.342 e. The number of halogens is 1. The number of nitrogens with one attached hydrogen (secondary N) is 1. The Morgan fingerprint density at radius 3 is 2.22 bits per heavy atom. The molecule has 0 aliphatic carbocycles. The summed E-state index contributed by atoms with van der Waals surface area (Å²) >= 11 is 0. The SMILES string of the molecule is CC(C(=O)N1CCC2(CCNC2)CC1)c1ccc(S(=O)(=O)N(C)C)cc1.Cl. The summed E-state index contributed by atoms with van der Waals surface area (Å²) in [4.78, 5) is 15.1. The second kappa shape index (κ2) is 8.47. The van der Waals surface area contributed by atoms with Gasteiger partial charge in [-0.1, -0.05) is 12.1 Å². The highest BCUT2D eigenvalue weighted by atomic mass is 35.5. The molecule has 6 nitrogen and oxygen atoms in total. The van der Waals surface area contributed by atoms with Crippen molar-refractivity contribution in [3.05, 3.63) is 29.8 Å². The summed E-state index contributed by atoms with van der Waals surface area (Å²) in [5.74, 6) is -0.129. The second-order valence-electron chi connectivity index (χ2n) is 7.83. The zero-order valence-electron chi connectivity index (χ0n) is 16.3. The maximum absolute atomic E-state index is 12.9. The van der Waals surface area contributed by atoms with Crippen LogP contribution in [0.1, 0.15) is 37.7 Å². The number of amides is 1. The van der Waals surface area contributed by atoms with Crippen molar-refractivity contribution in [1.29, 1.82) is 0 Å². The van der Waals surface area contributed by atoms with Crippen LogP contribution in [0.25, 0.3) is 0 Å². The molecule has 3 rings (SSSR count). The minimum absolute atomic E-state index is 0. The predicted molar refractivity (Wildman–Crippen MR) is 109 cm³/mol. The number of piperidine rings is 1. The van der Waals surface area contributed by atoms with Gasteiger partial charge in [-0.25, -0.2) is 12.7 Å². The molecule has 1 N–H and O–H groups in total. The van der Waals surface area contributed by atoms with Gasteiger partial charge in [0, 0.05) is 33.7 Å². The third-order valence-corrected chi connectivity index (χ3v) is 7.83. The van der Waals surface area contributed by atoms with Gasteiger partial charge in [-0.3, -0.25) is 4.79 Å². The van der Waals surface area contributed by atoms with Gasteiger partial charge in [0.2, 0.25) is 15.9 Å². The first-order chi connectivity index (χ1) is 12.3. The highest BCUT2D eigenvalue weighted by Crippen LogP contribution is 2.37. The molecule has 1 unspecified atom stereocenters. The molecule has 0 saturated carbocycles. The summed E-state index contributed by atoms with van der Waals surface area (Å²) < 4.78 is 25.5. The number of likely N-dealkylation sites (tertiary alicyclic amines) is 1. The van der Waals surface area contributed by atoms with Gasteiger partial charge in [-0.2, -0.15) is 0 Å². The summed E-state index contributed by atoms with van der Waals surface area (Å²) in [6, 6.07) is 6.68. The standard InChI is InChI=1S/C19H29N3O3S.ClH/c1-15(16-4-6-17(7-5-16)26(24,25)21(2)3)18(23)22-12-9-19(10-13-22)8-11-20-14-19;/h4-7,15,20H,8-14H2,1-3H3;1H. The predicted octanol–water partition coefficient (Wildman–Crippen LogP) is 2.06. The van der Waals surface area contributed by atoms with E-state index in [2.05, 4.69) is 5.32 Å². The Labute approximate surface area is 168 Å². The molecule has 0 aromatic heterocycles. The molecule has 1 spiro atoms. The van der Waals surface area contributed by atoms with Crippen molar-refractivity contribution in [2.75, 3.05) is 40.3 Å². The van der Waals surface area contributed by atoms with Crippen LogP contribution in [0.5, 0.6) is 0 Å². The number of nitrogens with zero attached hydrogens (tertiary/aromatic N) is 2. The molecule has 2 aliphatic rings. The van der Waals surface area contributed by atoms with Crippen LogP contribution in [0, 0.1) is 5.41 Å². The first-order valence-electron chi connectivity index (χ1n) is 9.27. The van der Waals surface area contributed by atoms with E-state index in [0.29, 0.717) is 5.41 Å². The molecule has 1 amide bonds. The molecule has 1 aromatic carbocycles. The Hall–Kier alpha value is -1.15. The molecular weight excluding hydrogens is 386 g/mol. The summed E-state index contributed by atoms with van der Waals surface area (Å²) in [5, 5.41) is 3.44. The van der Waals surface area contributed by atoms with Crippen LogP contribution in [0.4, 0.5) is 0 Å². The molecule has 0 radical (unpaired) electrons. The lowest BCUT2D eigenvalue weighted by molar-refractivity contribution is -0.134. The van der Waals surface area contributed by atoms with E-state index in [1.807, 2.05) is 11.8 Å². The summed E-state index contributed by atoms with van der Waals surface area (Å²) in [6.07, 6.45) is 3.35. The Morgan fingerprint density at radius 2 is 1.74 bits per heavy atom. The number of hydrogen-bond acceptors (Lipinski definition) is 4. The molecule has 0 bridgehead atoms. The number of carbonyl (C=O) groups excluding carboxylic acids is 1. The Balaban J connectivity index is 0.00000261. The van der Waals surface area contributed by atoms with E-state index in [9.17, 15) is 13.2 Å². The molecule has 2 heterocycles. The van der Waals surface area contributed by atoms with Gasteiger partial charge in [0.1, 0.15) is 0 Å². The molecule has 8 heteroatoms. The normalized spacial score (nSPS) is 20.5. The fraction of sp³-hybridized carbons (Fsp3) is 0.632. The largest absolute Gasteiger partial charge is 0.342 e. The highest BCUT2D eigenvalue weighted by Gasteiger charge is 2.38. The maximum atomic E-state index is 12.9. The van der Waals surface area contributed by atoms with E-state index in [-0.39, 0.29) is 29.1 Å². The molecule has 27 heavy (non-hydrogen) atoms. The van der Waals surface area contributed by atoms with Crippen LogP contribution in [-0.2, 0) is 14.8 Å². The fourth-order valence-electron chi connectivity index (χ4n) is 3.98. The summed E-state index contributed by atoms with van der Waals surface area (Å²) in [5.41, 5.74) is 1.25. The average molecular weight is 416 g/mol. The fourth-order valence-corrected chi connectivity index (χ4v) is 4.88. The van der Waals surface area contributed by atoms with Gasteiger partial charge in [-0.15, -0.1) is 12.4 Å². The highest BCUT2D eigenvalue weighted by molar-refractivity contribution is 7.89. The molecule has 2 aliphatic heterocycles. The van der Waals surface area contributed by atoms with Gasteiger partial charge in [0.05, 0.1) is 10.8 Å². The summed E-state index contributed by atoms with van der Waals surface area (Å²) in [6.45, 7) is 5.70. The van der Waals surface area contributed by atoms with Crippen LogP contribution >= 0.6 is 12.4 Å². The Kier molecular flexibility index (Phi) is 6.95.